The highest BCUT2D eigenvalue weighted by Gasteiger charge is 2.23. The number of hydrogen-bond acceptors (Lipinski definition) is 5. The third-order valence-electron chi connectivity index (χ3n) is 4.39. The highest BCUT2D eigenvalue weighted by Crippen LogP contribution is 2.31. The average molecular weight is 383 g/mol. The van der Waals surface area contributed by atoms with Gasteiger partial charge in [0.15, 0.2) is 6.10 Å². The molecule has 0 saturated carbocycles. The Morgan fingerprint density at radius 2 is 1.93 bits per heavy atom. The zero-order valence-electron chi connectivity index (χ0n) is 15.5. The van der Waals surface area contributed by atoms with Gasteiger partial charge in [0.1, 0.15) is 0 Å². The Balaban J connectivity index is 1.76. The van der Waals surface area contributed by atoms with Crippen molar-refractivity contribution in [1.82, 2.24) is 0 Å². The average Bonchev–Trinajstić information content (AvgIpc) is 2.82. The van der Waals surface area contributed by atoms with Crippen LogP contribution in [0.15, 0.2) is 41.3 Å². The number of esters is 1. The van der Waals surface area contributed by atoms with Crippen LogP contribution in [0.25, 0.3) is 0 Å². The van der Waals surface area contributed by atoms with Crippen LogP contribution >= 0.6 is 11.8 Å². The molecule has 1 atom stereocenters. The number of carbonyl (C=O) groups is 3. The minimum absolute atomic E-state index is 0.0785. The zero-order chi connectivity index (χ0) is 19.6. The molecular weight excluding hydrogens is 362 g/mol. The highest BCUT2D eigenvalue weighted by molar-refractivity contribution is 7.99. The minimum Gasteiger partial charge on any atom is -0.451 e. The van der Waals surface area contributed by atoms with Crippen molar-refractivity contribution in [3.63, 3.8) is 0 Å². The molecule has 5 nitrogen and oxygen atoms in total. The maximum absolute atomic E-state index is 12.7. The second kappa shape index (κ2) is 7.96. The first-order valence-corrected chi connectivity index (χ1v) is 9.73. The second-order valence-corrected chi connectivity index (χ2v) is 7.72. The summed E-state index contributed by atoms with van der Waals surface area (Å²) in [5.41, 5.74) is 3.28. The summed E-state index contributed by atoms with van der Waals surface area (Å²) in [5, 5.41) is 2.80. The molecule has 0 saturated heterocycles. The molecule has 6 heteroatoms. The lowest BCUT2D eigenvalue weighted by molar-refractivity contribution is -0.115. The highest BCUT2D eigenvalue weighted by atomic mass is 32.2. The first-order chi connectivity index (χ1) is 12.8. The molecule has 3 rings (SSSR count). The molecule has 27 heavy (non-hydrogen) atoms. The monoisotopic (exact) mass is 383 g/mol. The van der Waals surface area contributed by atoms with Crippen molar-refractivity contribution in [3.05, 3.63) is 58.7 Å². The van der Waals surface area contributed by atoms with Crippen LogP contribution in [0.3, 0.4) is 0 Å². The van der Waals surface area contributed by atoms with E-state index in [0.29, 0.717) is 29.0 Å². The normalized spacial score (nSPS) is 14.6. The van der Waals surface area contributed by atoms with E-state index in [1.54, 1.807) is 43.0 Å². The van der Waals surface area contributed by atoms with Crippen LogP contribution in [-0.4, -0.2) is 29.5 Å². The molecule has 0 radical (unpaired) electrons. The Morgan fingerprint density at radius 3 is 2.70 bits per heavy atom. The zero-order valence-corrected chi connectivity index (χ0v) is 16.3. The number of thioether (sulfide) groups is 1. The van der Waals surface area contributed by atoms with Gasteiger partial charge >= 0.3 is 5.97 Å². The van der Waals surface area contributed by atoms with Gasteiger partial charge in [-0.2, -0.15) is 0 Å². The Bertz CT molecular complexity index is 922. The summed E-state index contributed by atoms with van der Waals surface area (Å²) >= 11 is 1.56. The standard InChI is InChI=1S/C21H21NO4S/c1-12-4-5-13(2)16(10-12)20(24)14(3)26-21(25)15-6-7-18-17(11-15)22-19(23)8-9-27-18/h4-7,10-11,14H,8-9H2,1-3H3,(H,22,23)/t14-/m1/s1. The van der Waals surface area contributed by atoms with Crippen LogP contribution in [0.1, 0.15) is 45.2 Å². The number of Topliss-reactive ketones (excluding diaryl/α,β-unsaturated/α-hetero) is 1. The number of hydrogen-bond donors (Lipinski definition) is 1. The molecule has 0 aromatic heterocycles. The molecule has 1 amide bonds. The number of anilines is 1. The molecule has 2 aromatic rings. The van der Waals surface area contributed by atoms with Crippen molar-refractivity contribution in [2.45, 2.75) is 38.2 Å². The molecule has 2 aromatic carbocycles. The van der Waals surface area contributed by atoms with E-state index in [0.717, 1.165) is 16.0 Å². The number of benzene rings is 2. The van der Waals surface area contributed by atoms with E-state index in [9.17, 15) is 14.4 Å². The predicted octanol–water partition coefficient (Wildman–Crippen LogP) is 4.17. The van der Waals surface area contributed by atoms with Gasteiger partial charge in [-0.25, -0.2) is 4.79 Å². The van der Waals surface area contributed by atoms with Gasteiger partial charge in [0.05, 0.1) is 11.3 Å². The molecule has 0 spiro atoms. The number of ketones is 1. The number of carbonyl (C=O) groups excluding carboxylic acids is 3. The number of amides is 1. The predicted molar refractivity (Wildman–Crippen MR) is 106 cm³/mol. The van der Waals surface area contributed by atoms with Crippen molar-refractivity contribution in [2.24, 2.45) is 0 Å². The van der Waals surface area contributed by atoms with Gasteiger partial charge in [-0.15, -0.1) is 11.8 Å². The van der Waals surface area contributed by atoms with Gasteiger partial charge in [0.25, 0.3) is 0 Å². The molecule has 140 valence electrons. The fourth-order valence-electron chi connectivity index (χ4n) is 2.85. The lowest BCUT2D eigenvalue weighted by atomic mass is 9.99. The van der Waals surface area contributed by atoms with E-state index in [4.69, 9.17) is 4.74 Å². The van der Waals surface area contributed by atoms with Crippen LogP contribution in [0.5, 0.6) is 0 Å². The van der Waals surface area contributed by atoms with Gasteiger partial charge in [0, 0.05) is 22.6 Å². The lowest BCUT2D eigenvalue weighted by Crippen LogP contribution is -2.25. The van der Waals surface area contributed by atoms with Crippen molar-refractivity contribution < 1.29 is 19.1 Å². The van der Waals surface area contributed by atoms with E-state index < -0.39 is 12.1 Å². The van der Waals surface area contributed by atoms with E-state index in [-0.39, 0.29) is 11.7 Å². The summed E-state index contributed by atoms with van der Waals surface area (Å²) in [4.78, 5) is 37.8. The van der Waals surface area contributed by atoms with Crippen LogP contribution in [0.4, 0.5) is 5.69 Å². The molecule has 1 heterocycles. The molecule has 0 bridgehead atoms. The SMILES string of the molecule is Cc1ccc(C)c(C(=O)[C@@H](C)OC(=O)c2ccc3c(c2)NC(=O)CCS3)c1. The Morgan fingerprint density at radius 1 is 1.15 bits per heavy atom. The number of nitrogens with one attached hydrogen (secondary N) is 1. The quantitative estimate of drug-likeness (QED) is 0.634. The summed E-state index contributed by atoms with van der Waals surface area (Å²) in [7, 11) is 0. The molecule has 0 aliphatic carbocycles. The largest absolute Gasteiger partial charge is 0.451 e. The molecule has 1 aliphatic heterocycles. The van der Waals surface area contributed by atoms with Gasteiger partial charge in [-0.05, 0) is 50.6 Å². The number of aryl methyl sites for hydroxylation is 2. The summed E-state index contributed by atoms with van der Waals surface area (Å²) < 4.78 is 5.39. The fourth-order valence-corrected chi connectivity index (χ4v) is 3.79. The number of fused-ring (bicyclic) bond motifs is 1. The summed E-state index contributed by atoms with van der Waals surface area (Å²) in [6, 6.07) is 10.7. The summed E-state index contributed by atoms with van der Waals surface area (Å²) in [5.74, 6) is -0.204. The van der Waals surface area contributed by atoms with Gasteiger partial charge < -0.3 is 10.1 Å². The molecule has 0 unspecified atom stereocenters. The number of rotatable bonds is 4. The van der Waals surface area contributed by atoms with Crippen molar-refractivity contribution in [1.29, 1.82) is 0 Å². The van der Waals surface area contributed by atoms with Crippen LogP contribution in [0, 0.1) is 13.8 Å². The van der Waals surface area contributed by atoms with Crippen molar-refractivity contribution in [2.75, 3.05) is 11.1 Å². The second-order valence-electron chi connectivity index (χ2n) is 6.59. The Kier molecular flexibility index (Phi) is 5.65. The van der Waals surface area contributed by atoms with Gasteiger partial charge in [0.2, 0.25) is 11.7 Å². The van der Waals surface area contributed by atoms with E-state index in [1.807, 2.05) is 26.0 Å². The molecular formula is C21H21NO4S. The molecule has 1 N–H and O–H groups in total. The molecule has 1 aliphatic rings. The van der Waals surface area contributed by atoms with E-state index in [1.165, 1.54) is 0 Å². The Labute approximate surface area is 162 Å². The summed E-state index contributed by atoms with van der Waals surface area (Å²) in [6.07, 6.45) is -0.471. The summed E-state index contributed by atoms with van der Waals surface area (Å²) in [6.45, 7) is 5.34. The van der Waals surface area contributed by atoms with Gasteiger partial charge in [-0.3, -0.25) is 9.59 Å². The topological polar surface area (TPSA) is 72.5 Å². The smallest absolute Gasteiger partial charge is 0.338 e. The maximum Gasteiger partial charge on any atom is 0.338 e. The molecule has 0 fully saturated rings. The third-order valence-corrected chi connectivity index (χ3v) is 5.46. The van der Waals surface area contributed by atoms with Crippen LogP contribution in [-0.2, 0) is 9.53 Å². The fraction of sp³-hybridized carbons (Fsp3) is 0.286. The minimum atomic E-state index is -0.902. The van der Waals surface area contributed by atoms with Crippen LogP contribution < -0.4 is 5.32 Å². The van der Waals surface area contributed by atoms with E-state index >= 15 is 0 Å². The van der Waals surface area contributed by atoms with Crippen molar-refractivity contribution in [3.8, 4) is 0 Å². The number of ether oxygens (including phenoxy) is 1. The first kappa shape index (κ1) is 19.2. The van der Waals surface area contributed by atoms with Gasteiger partial charge in [-0.1, -0.05) is 17.7 Å². The Hall–Kier alpha value is -2.60. The first-order valence-electron chi connectivity index (χ1n) is 8.74. The van der Waals surface area contributed by atoms with E-state index in [2.05, 4.69) is 5.32 Å². The lowest BCUT2D eigenvalue weighted by Gasteiger charge is -2.15. The van der Waals surface area contributed by atoms with Crippen LogP contribution in [0.2, 0.25) is 0 Å². The van der Waals surface area contributed by atoms with Crippen molar-refractivity contribution >= 4 is 35.1 Å². The third kappa shape index (κ3) is 4.39. The maximum atomic E-state index is 12.7.